The molecule has 1 saturated carbocycles. The number of ether oxygens (including phenoxy) is 1. The number of alkyl halides is 1. The van der Waals surface area contributed by atoms with Crippen LogP contribution in [0.15, 0.2) is 120 Å². The Morgan fingerprint density at radius 1 is 0.625 bits per heavy atom. The van der Waals surface area contributed by atoms with Gasteiger partial charge in [-0.3, -0.25) is 0 Å². The summed E-state index contributed by atoms with van der Waals surface area (Å²) in [6.07, 6.45) is 0. The van der Waals surface area contributed by atoms with E-state index in [2.05, 4.69) is 115 Å². The first-order valence-electron chi connectivity index (χ1n) is 11.0. The Morgan fingerprint density at radius 3 is 1.81 bits per heavy atom. The molecule has 7 rings (SSSR count). The minimum absolute atomic E-state index is 0.166. The Bertz CT molecular complexity index is 1310. The van der Waals surface area contributed by atoms with Crippen molar-refractivity contribution >= 4 is 23.4 Å². The van der Waals surface area contributed by atoms with Gasteiger partial charge in [0, 0.05) is 16.1 Å². The highest BCUT2D eigenvalue weighted by Gasteiger charge is 2.91. The highest BCUT2D eigenvalue weighted by molar-refractivity contribution is 8.00. The normalized spacial score (nSPS) is 33.5. The molecule has 5 atom stereocenters. The van der Waals surface area contributed by atoms with E-state index in [0.29, 0.717) is 0 Å². The van der Waals surface area contributed by atoms with Crippen LogP contribution in [-0.2, 0) is 15.9 Å². The number of benzene rings is 4. The van der Waals surface area contributed by atoms with Gasteiger partial charge in [-0.05, 0) is 34.4 Å². The minimum Gasteiger partial charge on any atom is -0.347 e. The van der Waals surface area contributed by atoms with Crippen molar-refractivity contribution in [3.8, 4) is 0 Å². The van der Waals surface area contributed by atoms with E-state index >= 15 is 0 Å². The highest BCUT2D eigenvalue weighted by atomic mass is 35.5. The summed E-state index contributed by atoms with van der Waals surface area (Å²) in [5, 5.41) is 0.230. The third kappa shape index (κ3) is 2.11. The number of fused-ring (bicyclic) bond motifs is 8. The highest BCUT2D eigenvalue weighted by Crippen LogP contribution is 2.84. The second-order valence-electron chi connectivity index (χ2n) is 8.89. The monoisotopic (exact) mass is 452 g/mol. The van der Waals surface area contributed by atoms with Gasteiger partial charge in [0.05, 0.1) is 0 Å². The number of hydrogen-bond donors (Lipinski definition) is 0. The topological polar surface area (TPSA) is 9.23 Å². The molecule has 2 fully saturated rings. The van der Waals surface area contributed by atoms with Gasteiger partial charge in [0.15, 0.2) is 0 Å². The van der Waals surface area contributed by atoms with E-state index in [0.717, 1.165) is 5.56 Å². The van der Waals surface area contributed by atoms with Gasteiger partial charge in [0.2, 0.25) is 0 Å². The first-order valence-corrected chi connectivity index (χ1v) is 12.3. The van der Waals surface area contributed by atoms with Crippen molar-refractivity contribution in [3.05, 3.63) is 138 Å². The molecule has 1 nitrogen and oxygen atoms in total. The minimum atomic E-state index is -0.681. The first kappa shape index (κ1) is 19.0. The summed E-state index contributed by atoms with van der Waals surface area (Å²) in [7, 11) is 0. The molecule has 4 aromatic carbocycles. The predicted octanol–water partition coefficient (Wildman–Crippen LogP) is 6.99. The molecule has 156 valence electrons. The van der Waals surface area contributed by atoms with Gasteiger partial charge in [-0.2, -0.15) is 0 Å². The fourth-order valence-electron chi connectivity index (χ4n) is 6.22. The molecule has 2 aliphatic heterocycles. The molecule has 0 spiro atoms. The van der Waals surface area contributed by atoms with E-state index in [9.17, 15) is 0 Å². The SMILES string of the molecule is Cl[C@]12[C@H](Sc3ccccc3)[C@H]1[C@@]1(c3ccccc3)O[C@]2(c2ccccc2)c2ccccc21. The lowest BCUT2D eigenvalue weighted by Gasteiger charge is -2.35. The van der Waals surface area contributed by atoms with Crippen molar-refractivity contribution in [2.75, 3.05) is 0 Å². The second-order valence-corrected chi connectivity index (χ2v) is 10.7. The third-order valence-corrected chi connectivity index (χ3v) is 9.76. The van der Waals surface area contributed by atoms with Crippen molar-refractivity contribution in [2.45, 2.75) is 26.2 Å². The summed E-state index contributed by atoms with van der Waals surface area (Å²) in [4.78, 5) is 0.723. The van der Waals surface area contributed by atoms with Gasteiger partial charge >= 0.3 is 0 Å². The molecule has 2 heterocycles. The van der Waals surface area contributed by atoms with Crippen LogP contribution >= 0.6 is 23.4 Å². The zero-order valence-corrected chi connectivity index (χ0v) is 18.9. The molecule has 0 N–H and O–H groups in total. The fraction of sp³-hybridized carbons (Fsp3) is 0.172. The van der Waals surface area contributed by atoms with E-state index in [-0.39, 0.29) is 11.2 Å². The molecular formula is C29H21ClOS. The molecule has 1 aliphatic carbocycles. The number of hydrogen-bond acceptors (Lipinski definition) is 2. The third-order valence-electron chi connectivity index (χ3n) is 7.45. The molecule has 2 bridgehead atoms. The van der Waals surface area contributed by atoms with Crippen LogP contribution in [0.2, 0.25) is 0 Å². The van der Waals surface area contributed by atoms with Crippen LogP contribution in [0.1, 0.15) is 22.3 Å². The van der Waals surface area contributed by atoms with E-state index in [1.54, 1.807) is 0 Å². The summed E-state index contributed by atoms with van der Waals surface area (Å²) in [6.45, 7) is 0. The smallest absolute Gasteiger partial charge is 0.141 e. The van der Waals surface area contributed by atoms with Crippen LogP contribution in [0.4, 0.5) is 0 Å². The molecule has 3 heteroatoms. The Morgan fingerprint density at radius 2 is 1.16 bits per heavy atom. The molecular weight excluding hydrogens is 432 g/mol. The lowest BCUT2D eigenvalue weighted by Crippen LogP contribution is -2.40. The van der Waals surface area contributed by atoms with Crippen LogP contribution in [0.25, 0.3) is 0 Å². The molecule has 0 unspecified atom stereocenters. The van der Waals surface area contributed by atoms with Crippen LogP contribution < -0.4 is 0 Å². The Kier molecular flexibility index (Phi) is 3.86. The number of rotatable bonds is 4. The van der Waals surface area contributed by atoms with Gasteiger partial charge in [-0.1, -0.05) is 103 Å². The second kappa shape index (κ2) is 6.51. The Hall–Kier alpha value is -2.52. The summed E-state index contributed by atoms with van der Waals surface area (Å²) in [5.41, 5.74) is 3.55. The lowest BCUT2D eigenvalue weighted by atomic mass is 9.71. The number of thioether (sulfide) groups is 1. The van der Waals surface area contributed by atoms with Gasteiger partial charge < -0.3 is 4.74 Å². The summed E-state index contributed by atoms with van der Waals surface area (Å²) >= 11 is 9.66. The van der Waals surface area contributed by atoms with Crippen molar-refractivity contribution in [1.29, 1.82) is 0 Å². The van der Waals surface area contributed by atoms with Crippen molar-refractivity contribution in [1.82, 2.24) is 0 Å². The maximum absolute atomic E-state index is 7.77. The molecule has 3 aliphatic rings. The van der Waals surface area contributed by atoms with Gasteiger partial charge in [-0.25, -0.2) is 0 Å². The van der Waals surface area contributed by atoms with E-state index in [4.69, 9.17) is 16.3 Å². The average molecular weight is 453 g/mol. The van der Waals surface area contributed by atoms with Gasteiger partial charge in [0.1, 0.15) is 16.1 Å². The molecule has 4 aromatic rings. The molecule has 1 saturated heterocycles. The summed E-state index contributed by atoms with van der Waals surface area (Å²) < 4.78 is 7.28. The molecule has 32 heavy (non-hydrogen) atoms. The predicted molar refractivity (Wildman–Crippen MR) is 130 cm³/mol. The molecule has 0 radical (unpaired) electrons. The summed E-state index contributed by atoms with van der Waals surface area (Å²) in [6, 6.07) is 40.6. The molecule has 0 aromatic heterocycles. The van der Waals surface area contributed by atoms with Crippen LogP contribution in [0.3, 0.4) is 0 Å². The van der Waals surface area contributed by atoms with Crippen LogP contribution in [0, 0.1) is 5.92 Å². The van der Waals surface area contributed by atoms with Crippen LogP contribution in [0.5, 0.6) is 0 Å². The summed E-state index contributed by atoms with van der Waals surface area (Å²) in [5.74, 6) is 0.166. The fourth-order valence-corrected chi connectivity index (χ4v) is 8.58. The van der Waals surface area contributed by atoms with Gasteiger partial charge in [-0.15, -0.1) is 23.4 Å². The first-order chi connectivity index (χ1) is 15.7. The zero-order chi connectivity index (χ0) is 21.4. The Labute approximate surface area is 197 Å². The standard InChI is InChI=1S/C29H21ClOS/c30-28-25(26(28)32-22-16-8-3-9-17-22)27(20-12-4-1-5-13-20)23-18-10-11-19-24(23)29(28,31-27)21-14-6-2-7-15-21/h1-19,25-26H/t25-,26+,27-,28-,29+/m0/s1. The van der Waals surface area contributed by atoms with Crippen molar-refractivity contribution in [3.63, 3.8) is 0 Å². The van der Waals surface area contributed by atoms with E-state index in [1.807, 2.05) is 11.8 Å². The van der Waals surface area contributed by atoms with E-state index < -0.39 is 16.1 Å². The maximum atomic E-state index is 7.77. The van der Waals surface area contributed by atoms with Crippen molar-refractivity contribution in [2.24, 2.45) is 5.92 Å². The quantitative estimate of drug-likeness (QED) is 0.309. The largest absolute Gasteiger partial charge is 0.347 e. The van der Waals surface area contributed by atoms with Crippen LogP contribution in [-0.4, -0.2) is 10.1 Å². The Balaban J connectivity index is 1.50. The zero-order valence-electron chi connectivity index (χ0n) is 17.3. The number of halogens is 1. The molecule has 0 amide bonds. The lowest BCUT2D eigenvalue weighted by molar-refractivity contribution is -0.0675. The van der Waals surface area contributed by atoms with Crippen molar-refractivity contribution < 1.29 is 4.74 Å². The average Bonchev–Trinajstić information content (AvgIpc) is 3.23. The van der Waals surface area contributed by atoms with Gasteiger partial charge in [0.25, 0.3) is 0 Å². The maximum Gasteiger partial charge on any atom is 0.141 e. The van der Waals surface area contributed by atoms with E-state index in [1.165, 1.54) is 21.6 Å².